The van der Waals surface area contributed by atoms with Crippen molar-refractivity contribution in [3.63, 3.8) is 0 Å². The monoisotopic (exact) mass is 861 g/mol. The zero-order valence-electron chi connectivity index (χ0n) is 40.1. The molecule has 6 nitrogen and oxygen atoms in total. The van der Waals surface area contributed by atoms with Crippen molar-refractivity contribution in [2.45, 2.75) is 226 Å². The molecule has 0 aromatic carbocycles. The van der Waals surface area contributed by atoms with Crippen LogP contribution >= 0.6 is 0 Å². The highest BCUT2D eigenvalue weighted by atomic mass is 16.6. The minimum atomic E-state index is -0.792. The predicted molar refractivity (Wildman–Crippen MR) is 265 cm³/mol. The Balaban J connectivity index is 4.26. The fourth-order valence-corrected chi connectivity index (χ4v) is 6.53. The molecule has 0 heterocycles. The molecule has 0 aromatic rings. The average molecular weight is 861 g/mol. The van der Waals surface area contributed by atoms with Crippen LogP contribution in [0.1, 0.15) is 220 Å². The van der Waals surface area contributed by atoms with Crippen LogP contribution < -0.4 is 0 Å². The molecule has 0 aliphatic carbocycles. The van der Waals surface area contributed by atoms with E-state index in [0.717, 1.165) is 148 Å². The van der Waals surface area contributed by atoms with Crippen LogP contribution in [0.5, 0.6) is 0 Å². The van der Waals surface area contributed by atoms with Gasteiger partial charge >= 0.3 is 17.9 Å². The number of carbonyl (C=O) groups excluding carboxylic acids is 3. The van der Waals surface area contributed by atoms with Gasteiger partial charge in [0.05, 0.1) is 0 Å². The van der Waals surface area contributed by atoms with Crippen molar-refractivity contribution < 1.29 is 28.6 Å². The van der Waals surface area contributed by atoms with Gasteiger partial charge in [0.15, 0.2) is 6.10 Å². The minimum absolute atomic E-state index is 0.0936. The number of unbranched alkanes of at least 4 members (excludes halogenated alkanes) is 17. The van der Waals surface area contributed by atoms with E-state index in [1.165, 1.54) is 32.1 Å². The van der Waals surface area contributed by atoms with Crippen LogP contribution in [0.4, 0.5) is 0 Å². The van der Waals surface area contributed by atoms with Crippen LogP contribution in [0.2, 0.25) is 0 Å². The number of ether oxygens (including phenoxy) is 3. The summed E-state index contributed by atoms with van der Waals surface area (Å²) in [6.07, 6.45) is 65.7. The quantitative estimate of drug-likeness (QED) is 0.0263. The number of carbonyl (C=O) groups is 3. The maximum absolute atomic E-state index is 12.7. The first kappa shape index (κ1) is 58.3. The second-order valence-electron chi connectivity index (χ2n) is 16.3. The molecule has 0 bridgehead atoms. The van der Waals surface area contributed by atoms with E-state index < -0.39 is 6.10 Å². The Morgan fingerprint density at radius 2 is 0.629 bits per heavy atom. The normalized spacial score (nSPS) is 12.9. The third kappa shape index (κ3) is 47.4. The summed E-state index contributed by atoms with van der Waals surface area (Å²) in [4.78, 5) is 37.6. The van der Waals surface area contributed by atoms with E-state index in [1.807, 2.05) is 0 Å². The third-order valence-corrected chi connectivity index (χ3v) is 10.3. The summed E-state index contributed by atoms with van der Waals surface area (Å²) in [5.74, 6) is -0.952. The van der Waals surface area contributed by atoms with Gasteiger partial charge < -0.3 is 14.2 Å². The van der Waals surface area contributed by atoms with Gasteiger partial charge in [0.2, 0.25) is 0 Å². The lowest BCUT2D eigenvalue weighted by Crippen LogP contribution is -2.30. The molecule has 0 amide bonds. The molecule has 0 aliphatic rings. The average Bonchev–Trinajstić information content (AvgIpc) is 3.27. The number of allylic oxidation sites excluding steroid dienone is 16. The Kier molecular flexibility index (Phi) is 47.0. The summed E-state index contributed by atoms with van der Waals surface area (Å²) in [6, 6.07) is 0. The highest BCUT2D eigenvalue weighted by Gasteiger charge is 2.19. The second-order valence-corrected chi connectivity index (χ2v) is 16.3. The number of rotatable bonds is 44. The molecule has 0 aromatic heterocycles. The first-order valence-corrected chi connectivity index (χ1v) is 25.2. The Labute approximate surface area is 381 Å². The summed E-state index contributed by atoms with van der Waals surface area (Å²) in [7, 11) is 0. The molecule has 6 heteroatoms. The molecule has 1 unspecified atom stereocenters. The molecule has 0 saturated carbocycles. The predicted octanol–water partition coefficient (Wildman–Crippen LogP) is 16.6. The van der Waals surface area contributed by atoms with Crippen LogP contribution in [-0.4, -0.2) is 37.2 Å². The molecule has 0 N–H and O–H groups in total. The van der Waals surface area contributed by atoms with Gasteiger partial charge in [0.1, 0.15) is 13.2 Å². The summed E-state index contributed by atoms with van der Waals surface area (Å²) in [6.45, 7) is 6.37. The van der Waals surface area contributed by atoms with Crippen molar-refractivity contribution in [1.82, 2.24) is 0 Å². The Bertz CT molecular complexity index is 1260. The van der Waals surface area contributed by atoms with E-state index in [2.05, 4.69) is 118 Å². The lowest BCUT2D eigenvalue weighted by atomic mass is 10.1. The smallest absolute Gasteiger partial charge is 0.306 e. The topological polar surface area (TPSA) is 78.9 Å². The van der Waals surface area contributed by atoms with E-state index in [9.17, 15) is 14.4 Å². The standard InChI is InChI=1S/C56H92O6/c1-4-7-10-13-15-17-19-21-23-25-26-27-28-29-30-31-33-34-36-38-40-43-46-49-55(58)61-52-53(51-60-54(57)48-45-42-12-9-6-3)62-56(59)50-47-44-41-39-37-35-32-24-22-20-18-16-14-11-8-5-2/h7,10,15,17-18,20-21,23-24,26-27,29-30,32-34,53H,4-6,8-9,11-14,16,19,22,25,28,31,35-52H2,1-3H3/b10-7-,17-15-,20-18-,23-21-,27-26-,30-29-,32-24-,34-33-. The third-order valence-electron chi connectivity index (χ3n) is 10.3. The van der Waals surface area contributed by atoms with Gasteiger partial charge in [-0.1, -0.05) is 195 Å². The van der Waals surface area contributed by atoms with Gasteiger partial charge in [-0.25, -0.2) is 0 Å². The molecular weight excluding hydrogens is 769 g/mol. The summed E-state index contributed by atoms with van der Waals surface area (Å²) in [5, 5.41) is 0. The van der Waals surface area contributed by atoms with E-state index in [-0.39, 0.29) is 31.1 Å². The summed E-state index contributed by atoms with van der Waals surface area (Å²) >= 11 is 0. The Morgan fingerprint density at radius 3 is 1.00 bits per heavy atom. The van der Waals surface area contributed by atoms with E-state index in [4.69, 9.17) is 14.2 Å². The van der Waals surface area contributed by atoms with Crippen molar-refractivity contribution in [3.8, 4) is 0 Å². The maximum atomic E-state index is 12.7. The van der Waals surface area contributed by atoms with Crippen LogP contribution in [0, 0.1) is 0 Å². The van der Waals surface area contributed by atoms with E-state index in [1.54, 1.807) is 0 Å². The lowest BCUT2D eigenvalue weighted by Gasteiger charge is -2.18. The molecule has 0 rings (SSSR count). The minimum Gasteiger partial charge on any atom is -0.462 e. The lowest BCUT2D eigenvalue weighted by molar-refractivity contribution is -0.167. The molecule has 0 radical (unpaired) electrons. The molecule has 0 fully saturated rings. The van der Waals surface area contributed by atoms with Gasteiger partial charge in [-0.3, -0.25) is 14.4 Å². The van der Waals surface area contributed by atoms with Crippen LogP contribution in [-0.2, 0) is 28.6 Å². The molecular formula is C56H92O6. The van der Waals surface area contributed by atoms with Gasteiger partial charge in [-0.2, -0.15) is 0 Å². The van der Waals surface area contributed by atoms with E-state index >= 15 is 0 Å². The summed E-state index contributed by atoms with van der Waals surface area (Å²) in [5.41, 5.74) is 0. The van der Waals surface area contributed by atoms with Gasteiger partial charge in [0, 0.05) is 19.3 Å². The number of hydrogen-bond donors (Lipinski definition) is 0. The first-order chi connectivity index (χ1) is 30.5. The van der Waals surface area contributed by atoms with Crippen LogP contribution in [0.25, 0.3) is 0 Å². The fourth-order valence-electron chi connectivity index (χ4n) is 6.53. The molecule has 0 saturated heterocycles. The first-order valence-electron chi connectivity index (χ1n) is 25.2. The number of esters is 3. The van der Waals surface area contributed by atoms with Crippen molar-refractivity contribution in [1.29, 1.82) is 0 Å². The van der Waals surface area contributed by atoms with Crippen molar-refractivity contribution in [2.24, 2.45) is 0 Å². The molecule has 0 spiro atoms. The van der Waals surface area contributed by atoms with Crippen molar-refractivity contribution in [2.75, 3.05) is 13.2 Å². The second kappa shape index (κ2) is 50.0. The molecule has 62 heavy (non-hydrogen) atoms. The van der Waals surface area contributed by atoms with Gasteiger partial charge in [-0.05, 0) is 103 Å². The van der Waals surface area contributed by atoms with Crippen LogP contribution in [0.3, 0.4) is 0 Å². The Morgan fingerprint density at radius 1 is 0.339 bits per heavy atom. The van der Waals surface area contributed by atoms with E-state index in [0.29, 0.717) is 19.3 Å². The maximum Gasteiger partial charge on any atom is 0.306 e. The van der Waals surface area contributed by atoms with Crippen molar-refractivity contribution in [3.05, 3.63) is 97.2 Å². The van der Waals surface area contributed by atoms with Crippen LogP contribution in [0.15, 0.2) is 97.2 Å². The number of hydrogen-bond acceptors (Lipinski definition) is 6. The fraction of sp³-hybridized carbons (Fsp3) is 0.661. The highest BCUT2D eigenvalue weighted by Crippen LogP contribution is 2.12. The summed E-state index contributed by atoms with van der Waals surface area (Å²) < 4.78 is 16.6. The molecule has 352 valence electrons. The SMILES string of the molecule is CC/C=C\C/C=C\C/C=C\C/C=C\C/C=C\C/C=C\CCCCCCC(=O)OCC(COC(=O)CCCCCCC)OC(=O)CCCCCCC/C=C\C/C=C\CCCCCC. The zero-order chi connectivity index (χ0) is 45.1. The van der Waals surface area contributed by atoms with Crippen molar-refractivity contribution >= 4 is 17.9 Å². The largest absolute Gasteiger partial charge is 0.462 e. The zero-order valence-corrected chi connectivity index (χ0v) is 40.1. The molecule has 0 aliphatic heterocycles. The highest BCUT2D eigenvalue weighted by molar-refractivity contribution is 5.71. The Hall–Kier alpha value is -3.67. The molecule has 1 atom stereocenters. The van der Waals surface area contributed by atoms with Gasteiger partial charge in [-0.15, -0.1) is 0 Å². The van der Waals surface area contributed by atoms with Gasteiger partial charge in [0.25, 0.3) is 0 Å².